The van der Waals surface area contributed by atoms with Crippen molar-refractivity contribution in [1.82, 2.24) is 24.5 Å². The van der Waals surface area contributed by atoms with E-state index in [1.54, 1.807) is 0 Å². The van der Waals surface area contributed by atoms with Crippen molar-refractivity contribution in [3.05, 3.63) is 47.1 Å². The van der Waals surface area contributed by atoms with E-state index in [1.165, 1.54) is 5.69 Å². The number of benzene rings is 2. The molecule has 4 aromatic rings. The van der Waals surface area contributed by atoms with Gasteiger partial charge in [-0.15, -0.1) is 10.2 Å². The maximum Gasteiger partial charge on any atom is 0.183 e. The molecule has 1 saturated heterocycles. The highest BCUT2D eigenvalue weighted by molar-refractivity contribution is 6.33. The molecule has 2 aromatic heterocycles. The summed E-state index contributed by atoms with van der Waals surface area (Å²) in [5.41, 5.74) is 5.39. The molecule has 0 spiro atoms. The first-order valence-electron chi connectivity index (χ1n) is 11.0. The van der Waals surface area contributed by atoms with E-state index in [2.05, 4.69) is 49.6 Å². The van der Waals surface area contributed by atoms with E-state index in [0.717, 1.165) is 59.9 Å². The minimum absolute atomic E-state index is 0.0672. The molecule has 166 valence electrons. The van der Waals surface area contributed by atoms with Crippen LogP contribution in [0.25, 0.3) is 28.1 Å². The Morgan fingerprint density at radius 1 is 1.00 bits per heavy atom. The van der Waals surface area contributed by atoms with Crippen LogP contribution >= 0.6 is 11.6 Å². The molecule has 1 aliphatic heterocycles. The summed E-state index contributed by atoms with van der Waals surface area (Å²) in [7, 11) is 2.16. The highest BCUT2D eigenvalue weighted by Gasteiger charge is 2.20. The number of ether oxygens (including phenoxy) is 1. The SMILES string of the molecule is Cc1nc2ccc(N3CCN(C)CC3)cc2n2c(-c3cc(OC(C)C)ccc3Cl)nnc12. The van der Waals surface area contributed by atoms with Gasteiger partial charge >= 0.3 is 0 Å². The van der Waals surface area contributed by atoms with Crippen molar-refractivity contribution < 1.29 is 4.74 Å². The van der Waals surface area contributed by atoms with Gasteiger partial charge in [0.2, 0.25) is 0 Å². The van der Waals surface area contributed by atoms with Crippen LogP contribution in [0.5, 0.6) is 5.75 Å². The molecule has 7 nitrogen and oxygen atoms in total. The Balaban J connectivity index is 1.69. The summed E-state index contributed by atoms with van der Waals surface area (Å²) in [5, 5.41) is 9.59. The standard InChI is InChI=1S/C24H27ClN6O/c1-15(2)32-18-6-7-20(25)19(14-18)24-28-27-23-16(3)26-21-8-5-17(13-22(21)31(23)24)30-11-9-29(4)10-12-30/h5-8,13-15H,9-12H2,1-4H3. The summed E-state index contributed by atoms with van der Waals surface area (Å²) < 4.78 is 7.97. The average molecular weight is 451 g/mol. The zero-order valence-corrected chi connectivity index (χ0v) is 19.6. The van der Waals surface area contributed by atoms with Crippen molar-refractivity contribution in [2.45, 2.75) is 26.9 Å². The predicted molar refractivity (Wildman–Crippen MR) is 129 cm³/mol. The van der Waals surface area contributed by atoms with Crippen LogP contribution in [0.1, 0.15) is 19.5 Å². The quantitative estimate of drug-likeness (QED) is 0.458. The minimum Gasteiger partial charge on any atom is -0.491 e. The second-order valence-electron chi connectivity index (χ2n) is 8.65. The van der Waals surface area contributed by atoms with Crippen LogP contribution < -0.4 is 9.64 Å². The first-order chi connectivity index (χ1) is 15.4. The topological polar surface area (TPSA) is 58.8 Å². The normalized spacial score (nSPS) is 15.2. The molecule has 0 aliphatic carbocycles. The maximum absolute atomic E-state index is 6.62. The number of likely N-dealkylation sites (N-methyl/N-ethyl adjacent to an activating group) is 1. The molecule has 32 heavy (non-hydrogen) atoms. The van der Waals surface area contributed by atoms with Crippen molar-refractivity contribution in [2.24, 2.45) is 0 Å². The largest absolute Gasteiger partial charge is 0.491 e. The van der Waals surface area contributed by atoms with Gasteiger partial charge in [0.1, 0.15) is 5.75 Å². The lowest BCUT2D eigenvalue weighted by atomic mass is 10.1. The molecule has 0 atom stereocenters. The summed E-state index contributed by atoms with van der Waals surface area (Å²) in [6.45, 7) is 10.1. The summed E-state index contributed by atoms with van der Waals surface area (Å²) >= 11 is 6.62. The monoisotopic (exact) mass is 450 g/mol. The van der Waals surface area contributed by atoms with Gasteiger partial charge in [0.25, 0.3) is 0 Å². The molecule has 1 fully saturated rings. The molecule has 0 amide bonds. The Labute approximate surface area is 192 Å². The number of hydrogen-bond acceptors (Lipinski definition) is 6. The Morgan fingerprint density at radius 3 is 2.53 bits per heavy atom. The van der Waals surface area contributed by atoms with Crippen molar-refractivity contribution in [3.63, 3.8) is 0 Å². The molecule has 3 heterocycles. The van der Waals surface area contributed by atoms with E-state index < -0.39 is 0 Å². The summed E-state index contributed by atoms with van der Waals surface area (Å²) in [4.78, 5) is 9.55. The molecule has 0 saturated carbocycles. The van der Waals surface area contributed by atoms with E-state index in [-0.39, 0.29) is 6.10 Å². The smallest absolute Gasteiger partial charge is 0.183 e. The van der Waals surface area contributed by atoms with E-state index in [0.29, 0.717) is 10.8 Å². The van der Waals surface area contributed by atoms with Crippen LogP contribution in [0.2, 0.25) is 5.02 Å². The van der Waals surface area contributed by atoms with Gasteiger partial charge in [-0.1, -0.05) is 11.6 Å². The molecule has 0 unspecified atom stereocenters. The zero-order chi connectivity index (χ0) is 22.4. The lowest BCUT2D eigenvalue weighted by Crippen LogP contribution is -2.44. The summed E-state index contributed by atoms with van der Waals surface area (Å²) in [5.74, 6) is 1.44. The number of halogens is 1. The van der Waals surface area contributed by atoms with Gasteiger partial charge in [0, 0.05) is 37.4 Å². The van der Waals surface area contributed by atoms with E-state index in [9.17, 15) is 0 Å². The third-order valence-electron chi connectivity index (χ3n) is 5.89. The number of rotatable bonds is 4. The third-order valence-corrected chi connectivity index (χ3v) is 6.22. The number of hydrogen-bond donors (Lipinski definition) is 0. The van der Waals surface area contributed by atoms with Gasteiger partial charge in [-0.25, -0.2) is 4.98 Å². The van der Waals surface area contributed by atoms with Crippen LogP contribution in [0.15, 0.2) is 36.4 Å². The minimum atomic E-state index is 0.0672. The molecular formula is C24H27ClN6O. The molecule has 8 heteroatoms. The number of piperazine rings is 1. The van der Waals surface area contributed by atoms with E-state index >= 15 is 0 Å². The fraction of sp³-hybridized carbons (Fsp3) is 0.375. The zero-order valence-electron chi connectivity index (χ0n) is 18.8. The van der Waals surface area contributed by atoms with Crippen LogP contribution in [0.4, 0.5) is 5.69 Å². The number of nitrogens with zero attached hydrogens (tertiary/aromatic N) is 6. The van der Waals surface area contributed by atoms with Gasteiger partial charge in [-0.05, 0) is 64.2 Å². The van der Waals surface area contributed by atoms with Gasteiger partial charge in [-0.3, -0.25) is 4.40 Å². The molecule has 0 N–H and O–H groups in total. The highest BCUT2D eigenvalue weighted by atomic mass is 35.5. The molecule has 0 radical (unpaired) electrons. The Hall–Kier alpha value is -2.90. The van der Waals surface area contributed by atoms with Crippen LogP contribution in [-0.4, -0.2) is 63.8 Å². The van der Waals surface area contributed by atoms with Gasteiger partial charge in [0.15, 0.2) is 11.5 Å². The van der Waals surface area contributed by atoms with Crippen molar-refractivity contribution >= 4 is 34.0 Å². The molecular weight excluding hydrogens is 424 g/mol. The van der Waals surface area contributed by atoms with Gasteiger partial charge < -0.3 is 14.5 Å². The predicted octanol–water partition coefficient (Wildman–Crippen LogP) is 4.45. The third kappa shape index (κ3) is 3.76. The fourth-order valence-corrected chi connectivity index (χ4v) is 4.42. The first kappa shape index (κ1) is 21.0. The molecule has 0 bridgehead atoms. The molecule has 1 aliphatic rings. The van der Waals surface area contributed by atoms with Gasteiger partial charge in [0.05, 0.1) is 27.9 Å². The second kappa shape index (κ2) is 8.22. The van der Waals surface area contributed by atoms with Crippen molar-refractivity contribution in [1.29, 1.82) is 0 Å². The summed E-state index contributed by atoms with van der Waals surface area (Å²) in [6.07, 6.45) is 0.0672. The van der Waals surface area contributed by atoms with Crippen LogP contribution in [-0.2, 0) is 0 Å². The van der Waals surface area contributed by atoms with E-state index in [4.69, 9.17) is 21.3 Å². The average Bonchev–Trinajstić information content (AvgIpc) is 3.21. The fourth-order valence-electron chi connectivity index (χ4n) is 4.22. The second-order valence-corrected chi connectivity index (χ2v) is 9.06. The van der Waals surface area contributed by atoms with Crippen molar-refractivity contribution in [2.75, 3.05) is 38.1 Å². The lowest BCUT2D eigenvalue weighted by Gasteiger charge is -2.34. The number of aryl methyl sites for hydroxylation is 1. The first-order valence-corrected chi connectivity index (χ1v) is 11.3. The van der Waals surface area contributed by atoms with Gasteiger partial charge in [-0.2, -0.15) is 0 Å². The van der Waals surface area contributed by atoms with Crippen LogP contribution in [0, 0.1) is 6.92 Å². The summed E-state index contributed by atoms with van der Waals surface area (Å²) in [6, 6.07) is 12.1. The number of anilines is 1. The van der Waals surface area contributed by atoms with Crippen molar-refractivity contribution in [3.8, 4) is 17.1 Å². The Morgan fingerprint density at radius 2 is 1.78 bits per heavy atom. The van der Waals surface area contributed by atoms with E-state index in [1.807, 2.05) is 39.0 Å². The highest BCUT2D eigenvalue weighted by Crippen LogP contribution is 2.33. The Bertz CT molecular complexity index is 1290. The maximum atomic E-state index is 6.62. The lowest BCUT2D eigenvalue weighted by molar-refractivity contribution is 0.242. The molecule has 5 rings (SSSR count). The number of fused-ring (bicyclic) bond motifs is 3. The molecule has 2 aromatic carbocycles. The Kier molecular flexibility index (Phi) is 5.39. The number of aromatic nitrogens is 4. The van der Waals surface area contributed by atoms with Crippen LogP contribution in [0.3, 0.4) is 0 Å².